The Bertz CT molecular complexity index is 98.4. The van der Waals surface area contributed by atoms with Gasteiger partial charge >= 0.3 is 0 Å². The Kier molecular flexibility index (Phi) is 5.41. The average molecular weight is 162 g/mol. The number of rotatable bonds is 5. The quantitative estimate of drug-likeness (QED) is 0.389. The van der Waals surface area contributed by atoms with Gasteiger partial charge in [-0.3, -0.25) is 0 Å². The lowest BCUT2D eigenvalue weighted by molar-refractivity contribution is -0.0631. The number of hydrogen-bond donors (Lipinski definition) is 3. The minimum absolute atomic E-state index is 0.565. The molecule has 4 heteroatoms. The van der Waals surface area contributed by atoms with E-state index in [9.17, 15) is 0 Å². The molecule has 4 nitrogen and oxygen atoms in total. The zero-order valence-electron chi connectivity index (χ0n) is 7.41. The molecule has 0 saturated heterocycles. The van der Waals surface area contributed by atoms with Crippen LogP contribution in [-0.4, -0.2) is 34.2 Å². The van der Waals surface area contributed by atoms with Gasteiger partial charge in [0.2, 0.25) is 0 Å². The molecule has 0 aromatic rings. The molecule has 0 heterocycles. The summed E-state index contributed by atoms with van der Waals surface area (Å²) < 4.78 is 0. The second kappa shape index (κ2) is 5.49. The van der Waals surface area contributed by atoms with Gasteiger partial charge in [-0.2, -0.15) is 0 Å². The second-order valence-electron chi connectivity index (χ2n) is 2.47. The molecule has 0 aromatic heterocycles. The molecule has 11 heavy (non-hydrogen) atoms. The van der Waals surface area contributed by atoms with Crippen LogP contribution in [0.1, 0.15) is 27.2 Å². The Labute approximate surface area is 67.8 Å². The number of nitrogens with one attached hydrogen (secondary N) is 1. The van der Waals surface area contributed by atoms with Gasteiger partial charge in [0, 0.05) is 6.54 Å². The molecule has 2 unspecified atom stereocenters. The lowest BCUT2D eigenvalue weighted by Crippen LogP contribution is -2.48. The van der Waals surface area contributed by atoms with E-state index in [-0.39, 0.29) is 0 Å². The molecule has 0 radical (unpaired) electrons. The monoisotopic (exact) mass is 162 g/mol. The van der Waals surface area contributed by atoms with Crippen molar-refractivity contribution in [3.8, 4) is 0 Å². The van der Waals surface area contributed by atoms with E-state index in [2.05, 4.69) is 5.43 Å². The molecule has 0 aromatic carbocycles. The summed E-state index contributed by atoms with van der Waals surface area (Å²) in [6.07, 6.45) is -0.505. The van der Waals surface area contributed by atoms with Crippen molar-refractivity contribution in [2.45, 2.75) is 39.6 Å². The zero-order valence-corrected chi connectivity index (χ0v) is 7.41. The van der Waals surface area contributed by atoms with Crippen molar-refractivity contribution in [3.05, 3.63) is 0 Å². The fraction of sp³-hybridized carbons (Fsp3) is 1.00. The number of aliphatic hydroxyl groups excluding tert-OH is 2. The largest absolute Gasteiger partial charge is 0.377 e. The van der Waals surface area contributed by atoms with Crippen molar-refractivity contribution in [2.75, 3.05) is 6.54 Å². The van der Waals surface area contributed by atoms with E-state index in [1.807, 2.05) is 13.8 Å². The van der Waals surface area contributed by atoms with Gasteiger partial charge in [-0.25, -0.2) is 10.4 Å². The third-order valence-electron chi connectivity index (χ3n) is 1.49. The van der Waals surface area contributed by atoms with Gasteiger partial charge in [0.25, 0.3) is 0 Å². The number of hydrogen-bond acceptors (Lipinski definition) is 4. The van der Waals surface area contributed by atoms with Crippen LogP contribution in [0.5, 0.6) is 0 Å². The highest BCUT2D eigenvalue weighted by Crippen LogP contribution is 1.93. The van der Waals surface area contributed by atoms with E-state index in [4.69, 9.17) is 10.2 Å². The molecule has 3 N–H and O–H groups in total. The average Bonchev–Trinajstić information content (AvgIpc) is 1.99. The van der Waals surface area contributed by atoms with E-state index < -0.39 is 12.5 Å². The Morgan fingerprint density at radius 3 is 2.18 bits per heavy atom. The van der Waals surface area contributed by atoms with Crippen molar-refractivity contribution < 1.29 is 10.2 Å². The van der Waals surface area contributed by atoms with Gasteiger partial charge in [-0.05, 0) is 13.3 Å². The van der Waals surface area contributed by atoms with Crippen molar-refractivity contribution in [2.24, 2.45) is 0 Å². The Hall–Kier alpha value is -0.160. The van der Waals surface area contributed by atoms with Crippen molar-refractivity contribution in [1.82, 2.24) is 10.4 Å². The maximum Gasteiger partial charge on any atom is 0.117 e. The lowest BCUT2D eigenvalue weighted by atomic mass is 10.4. The summed E-state index contributed by atoms with van der Waals surface area (Å²) >= 11 is 0. The lowest BCUT2D eigenvalue weighted by Gasteiger charge is -2.26. The first-order valence-corrected chi connectivity index (χ1v) is 4.00. The van der Waals surface area contributed by atoms with Gasteiger partial charge in [-0.15, -0.1) is 0 Å². The van der Waals surface area contributed by atoms with Gasteiger partial charge in [0.15, 0.2) is 0 Å². The summed E-state index contributed by atoms with van der Waals surface area (Å²) in [5, 5.41) is 19.8. The first-order chi connectivity index (χ1) is 5.11. The SMILES string of the molecule is CCC(O)NN(CC)C(C)O. The fourth-order valence-electron chi connectivity index (χ4n) is 0.746. The highest BCUT2D eigenvalue weighted by atomic mass is 16.3. The van der Waals surface area contributed by atoms with Crippen LogP contribution in [0.3, 0.4) is 0 Å². The minimum Gasteiger partial charge on any atom is -0.377 e. The van der Waals surface area contributed by atoms with Gasteiger partial charge in [0.1, 0.15) is 12.5 Å². The van der Waals surface area contributed by atoms with Crippen LogP contribution in [-0.2, 0) is 0 Å². The summed E-state index contributed by atoms with van der Waals surface area (Å²) in [4.78, 5) is 0. The summed E-state index contributed by atoms with van der Waals surface area (Å²) in [5.74, 6) is 0. The Morgan fingerprint density at radius 2 is 1.91 bits per heavy atom. The molecule has 68 valence electrons. The van der Waals surface area contributed by atoms with Crippen LogP contribution in [0.2, 0.25) is 0 Å². The normalized spacial score (nSPS) is 16.9. The molecular formula is C7H18N2O2. The first kappa shape index (κ1) is 10.8. The standard InChI is InChI=1S/C7H18N2O2/c1-4-7(11)8-9(5-2)6(3)10/h6-8,10-11H,4-5H2,1-3H3. The maximum absolute atomic E-state index is 9.14. The Balaban J connectivity index is 3.68. The van der Waals surface area contributed by atoms with E-state index in [0.29, 0.717) is 13.0 Å². The molecule has 0 fully saturated rings. The summed E-state index contributed by atoms with van der Waals surface area (Å²) in [6, 6.07) is 0. The third-order valence-corrected chi connectivity index (χ3v) is 1.49. The van der Waals surface area contributed by atoms with Gasteiger partial charge in [-0.1, -0.05) is 13.8 Å². The molecule has 0 saturated carbocycles. The predicted molar refractivity (Wildman–Crippen MR) is 43.5 cm³/mol. The molecule has 0 aliphatic heterocycles. The second-order valence-corrected chi connectivity index (χ2v) is 2.47. The predicted octanol–water partition coefficient (Wildman–Crippen LogP) is -0.120. The van der Waals surface area contributed by atoms with Crippen LogP contribution < -0.4 is 5.43 Å². The number of nitrogens with zero attached hydrogens (tertiary/aromatic N) is 1. The van der Waals surface area contributed by atoms with Crippen LogP contribution in [0.25, 0.3) is 0 Å². The molecule has 0 aliphatic carbocycles. The smallest absolute Gasteiger partial charge is 0.117 e. The molecule has 0 spiro atoms. The van der Waals surface area contributed by atoms with E-state index in [1.165, 1.54) is 0 Å². The van der Waals surface area contributed by atoms with Gasteiger partial charge < -0.3 is 10.2 Å². The molecule has 0 amide bonds. The van der Waals surface area contributed by atoms with Crippen molar-refractivity contribution in [1.29, 1.82) is 0 Å². The first-order valence-electron chi connectivity index (χ1n) is 4.00. The fourth-order valence-corrected chi connectivity index (χ4v) is 0.746. The van der Waals surface area contributed by atoms with E-state index in [1.54, 1.807) is 11.9 Å². The molecule has 0 aliphatic rings. The molecule has 0 rings (SSSR count). The topological polar surface area (TPSA) is 55.7 Å². The van der Waals surface area contributed by atoms with E-state index in [0.717, 1.165) is 0 Å². The third kappa shape index (κ3) is 4.31. The van der Waals surface area contributed by atoms with Crippen molar-refractivity contribution in [3.63, 3.8) is 0 Å². The molecular weight excluding hydrogens is 144 g/mol. The maximum atomic E-state index is 9.14. The summed E-state index contributed by atoms with van der Waals surface area (Å²) in [6.45, 7) is 6.09. The zero-order chi connectivity index (χ0) is 8.85. The highest BCUT2D eigenvalue weighted by Gasteiger charge is 2.10. The van der Waals surface area contributed by atoms with Crippen LogP contribution in [0.4, 0.5) is 0 Å². The minimum atomic E-state index is -0.568. The highest BCUT2D eigenvalue weighted by molar-refractivity contribution is 4.51. The number of aliphatic hydroxyl groups is 2. The Morgan fingerprint density at radius 1 is 1.36 bits per heavy atom. The summed E-state index contributed by atoms with van der Waals surface area (Å²) in [7, 11) is 0. The van der Waals surface area contributed by atoms with Crippen LogP contribution >= 0.6 is 0 Å². The van der Waals surface area contributed by atoms with E-state index >= 15 is 0 Å². The van der Waals surface area contributed by atoms with Crippen molar-refractivity contribution >= 4 is 0 Å². The molecule has 0 bridgehead atoms. The molecule has 2 atom stereocenters. The number of hydrazine groups is 1. The summed E-state index contributed by atoms with van der Waals surface area (Å²) in [5.41, 5.74) is 2.75. The van der Waals surface area contributed by atoms with Crippen LogP contribution in [0, 0.1) is 0 Å². The van der Waals surface area contributed by atoms with Gasteiger partial charge in [0.05, 0.1) is 0 Å². The van der Waals surface area contributed by atoms with Crippen LogP contribution in [0.15, 0.2) is 0 Å².